The van der Waals surface area contributed by atoms with Crippen molar-refractivity contribution in [2.75, 3.05) is 18.4 Å². The highest BCUT2D eigenvalue weighted by atomic mass is 16.1. The Kier molecular flexibility index (Phi) is 7.12. The summed E-state index contributed by atoms with van der Waals surface area (Å²) in [5.74, 6) is 0.732. The fourth-order valence-electron chi connectivity index (χ4n) is 3.71. The van der Waals surface area contributed by atoms with Crippen molar-refractivity contribution in [2.24, 2.45) is 5.92 Å². The fourth-order valence-corrected chi connectivity index (χ4v) is 3.71. The van der Waals surface area contributed by atoms with Crippen LogP contribution in [-0.4, -0.2) is 57.0 Å². The van der Waals surface area contributed by atoms with Crippen molar-refractivity contribution < 1.29 is 4.79 Å². The molecule has 31 heavy (non-hydrogen) atoms. The average molecular weight is 422 g/mol. The van der Waals surface area contributed by atoms with E-state index in [-0.39, 0.29) is 17.8 Å². The molecule has 0 aliphatic carbocycles. The number of carbonyl (C=O) groups is 1. The molecule has 3 rings (SSSR count). The lowest BCUT2D eigenvalue weighted by Crippen LogP contribution is -2.36. The van der Waals surface area contributed by atoms with Crippen LogP contribution >= 0.6 is 0 Å². The molecule has 1 aliphatic rings. The first-order valence-electron chi connectivity index (χ1n) is 10.6. The van der Waals surface area contributed by atoms with Crippen molar-refractivity contribution in [3.8, 4) is 0 Å². The maximum absolute atomic E-state index is 12.8. The molecular formula is C23H31N7O. The molecule has 8 heteroatoms. The summed E-state index contributed by atoms with van der Waals surface area (Å²) in [7, 11) is 0. The molecule has 2 aromatic heterocycles. The van der Waals surface area contributed by atoms with E-state index in [1.54, 1.807) is 24.4 Å². The minimum atomic E-state index is -0.326. The zero-order valence-corrected chi connectivity index (χ0v) is 18.6. The Morgan fingerprint density at radius 3 is 2.71 bits per heavy atom. The van der Waals surface area contributed by atoms with Crippen LogP contribution in [0.4, 0.5) is 5.82 Å². The highest BCUT2D eigenvalue weighted by Crippen LogP contribution is 2.20. The normalized spacial score (nSPS) is 13.7. The molecule has 0 spiro atoms. The van der Waals surface area contributed by atoms with Crippen LogP contribution in [0.5, 0.6) is 0 Å². The van der Waals surface area contributed by atoms with E-state index in [9.17, 15) is 4.79 Å². The summed E-state index contributed by atoms with van der Waals surface area (Å²) >= 11 is 0. The van der Waals surface area contributed by atoms with Gasteiger partial charge in [0.05, 0.1) is 6.34 Å². The van der Waals surface area contributed by atoms with Crippen molar-refractivity contribution in [3.63, 3.8) is 0 Å². The van der Waals surface area contributed by atoms with Crippen LogP contribution in [0.2, 0.25) is 0 Å². The molecule has 1 aliphatic heterocycles. The number of aromatic nitrogens is 2. The molecule has 0 radical (unpaired) electrons. The largest absolute Gasteiger partial charge is 0.314 e. The van der Waals surface area contributed by atoms with E-state index in [0.29, 0.717) is 23.1 Å². The summed E-state index contributed by atoms with van der Waals surface area (Å²) in [6, 6.07) is 6.94. The highest BCUT2D eigenvalue weighted by molar-refractivity contribution is 6.04. The SMILES string of the molecule is CC(C)CN1CCc2cnc(C(=O)Nc3cccc(C(=N)N(C=N)C(C)C)n3)cc2C1. The van der Waals surface area contributed by atoms with Gasteiger partial charge in [-0.15, -0.1) is 0 Å². The molecule has 164 valence electrons. The third-order valence-corrected chi connectivity index (χ3v) is 5.22. The summed E-state index contributed by atoms with van der Waals surface area (Å²) < 4.78 is 0. The number of hydrogen-bond donors (Lipinski definition) is 3. The van der Waals surface area contributed by atoms with Gasteiger partial charge >= 0.3 is 0 Å². The van der Waals surface area contributed by atoms with E-state index in [0.717, 1.165) is 38.0 Å². The van der Waals surface area contributed by atoms with Gasteiger partial charge in [0.15, 0.2) is 5.84 Å². The third-order valence-electron chi connectivity index (χ3n) is 5.22. The lowest BCUT2D eigenvalue weighted by Gasteiger charge is -2.30. The number of nitrogens with zero attached hydrogens (tertiary/aromatic N) is 4. The first kappa shape index (κ1) is 22.6. The number of amidine groups is 1. The smallest absolute Gasteiger partial charge is 0.275 e. The number of hydrogen-bond acceptors (Lipinski definition) is 6. The Hall–Kier alpha value is -3.13. The van der Waals surface area contributed by atoms with Crippen LogP contribution in [-0.2, 0) is 13.0 Å². The summed E-state index contributed by atoms with van der Waals surface area (Å²) in [5, 5.41) is 18.6. The molecule has 0 fully saturated rings. The first-order valence-corrected chi connectivity index (χ1v) is 10.6. The molecule has 0 bridgehead atoms. The maximum atomic E-state index is 12.8. The number of fused-ring (bicyclic) bond motifs is 1. The molecule has 2 aromatic rings. The number of pyridine rings is 2. The van der Waals surface area contributed by atoms with E-state index in [1.165, 1.54) is 10.5 Å². The van der Waals surface area contributed by atoms with Gasteiger partial charge in [0.1, 0.15) is 17.2 Å². The summed E-state index contributed by atoms with van der Waals surface area (Å²) in [6.07, 6.45) is 3.86. The molecule has 3 N–H and O–H groups in total. The number of carbonyl (C=O) groups excluding carboxylic acids is 1. The van der Waals surface area contributed by atoms with Crippen molar-refractivity contribution in [2.45, 2.75) is 46.7 Å². The standard InChI is InChI=1S/C23H31N7O/c1-15(2)12-29-9-8-17-11-26-20(10-18(17)13-29)23(31)28-21-7-5-6-19(27-21)22(25)30(14-24)16(3)4/h5-7,10-11,14-16,24-25H,8-9,12-13H2,1-4H3,(H,27,28,31). The summed E-state index contributed by atoms with van der Waals surface area (Å²) in [5.41, 5.74) is 3.09. The minimum Gasteiger partial charge on any atom is -0.314 e. The summed E-state index contributed by atoms with van der Waals surface area (Å²) in [6.45, 7) is 11.1. The molecule has 1 amide bonds. The van der Waals surface area contributed by atoms with Gasteiger partial charge < -0.3 is 10.2 Å². The molecular weight excluding hydrogens is 390 g/mol. The van der Waals surface area contributed by atoms with Crippen molar-refractivity contribution in [3.05, 3.63) is 53.0 Å². The predicted molar refractivity (Wildman–Crippen MR) is 123 cm³/mol. The number of nitrogens with one attached hydrogen (secondary N) is 3. The molecule has 3 heterocycles. The van der Waals surface area contributed by atoms with Crippen molar-refractivity contribution in [1.82, 2.24) is 19.8 Å². The molecule has 0 aromatic carbocycles. The minimum absolute atomic E-state index is 0.0417. The van der Waals surface area contributed by atoms with E-state index < -0.39 is 0 Å². The van der Waals surface area contributed by atoms with Gasteiger partial charge in [-0.25, -0.2) is 4.98 Å². The second-order valence-corrected chi connectivity index (χ2v) is 8.56. The Morgan fingerprint density at radius 2 is 2.03 bits per heavy atom. The Balaban J connectivity index is 1.74. The summed E-state index contributed by atoms with van der Waals surface area (Å²) in [4.78, 5) is 25.5. The zero-order valence-electron chi connectivity index (χ0n) is 18.6. The lowest BCUT2D eigenvalue weighted by molar-refractivity contribution is 0.102. The molecule has 0 atom stereocenters. The monoisotopic (exact) mass is 421 g/mol. The Bertz CT molecular complexity index is 970. The topological polar surface area (TPSA) is 109 Å². The molecule has 0 unspecified atom stereocenters. The van der Waals surface area contributed by atoms with Crippen LogP contribution in [0.15, 0.2) is 30.5 Å². The van der Waals surface area contributed by atoms with Gasteiger partial charge in [0.25, 0.3) is 5.91 Å². The second-order valence-electron chi connectivity index (χ2n) is 8.56. The van der Waals surface area contributed by atoms with Crippen LogP contribution < -0.4 is 5.32 Å². The fraction of sp³-hybridized carbons (Fsp3) is 0.435. The number of anilines is 1. The van der Waals surface area contributed by atoms with Gasteiger partial charge in [-0.3, -0.25) is 25.5 Å². The highest BCUT2D eigenvalue weighted by Gasteiger charge is 2.20. The van der Waals surface area contributed by atoms with E-state index in [1.807, 2.05) is 19.9 Å². The van der Waals surface area contributed by atoms with Crippen LogP contribution in [0, 0.1) is 16.7 Å². The molecule has 8 nitrogen and oxygen atoms in total. The Labute approximate surface area is 183 Å². The van der Waals surface area contributed by atoms with E-state index in [4.69, 9.17) is 10.8 Å². The van der Waals surface area contributed by atoms with Gasteiger partial charge in [-0.2, -0.15) is 0 Å². The van der Waals surface area contributed by atoms with Gasteiger partial charge in [-0.05, 0) is 55.5 Å². The van der Waals surface area contributed by atoms with E-state index >= 15 is 0 Å². The first-order chi connectivity index (χ1) is 14.8. The Morgan fingerprint density at radius 1 is 1.26 bits per heavy atom. The predicted octanol–water partition coefficient (Wildman–Crippen LogP) is 3.39. The lowest BCUT2D eigenvalue weighted by atomic mass is 10.00. The van der Waals surface area contributed by atoms with Gasteiger partial charge in [-0.1, -0.05) is 19.9 Å². The van der Waals surface area contributed by atoms with Gasteiger partial charge in [0, 0.05) is 31.9 Å². The van der Waals surface area contributed by atoms with Crippen molar-refractivity contribution >= 4 is 23.9 Å². The number of rotatable bonds is 7. The number of amides is 1. The quantitative estimate of drug-likeness (QED) is 0.469. The average Bonchev–Trinajstić information content (AvgIpc) is 2.73. The van der Waals surface area contributed by atoms with E-state index in [2.05, 4.69) is 34.0 Å². The van der Waals surface area contributed by atoms with Crippen LogP contribution in [0.1, 0.15) is 55.0 Å². The van der Waals surface area contributed by atoms with Gasteiger partial charge in [0.2, 0.25) is 0 Å². The van der Waals surface area contributed by atoms with Crippen molar-refractivity contribution in [1.29, 1.82) is 10.8 Å². The van der Waals surface area contributed by atoms with Crippen LogP contribution in [0.25, 0.3) is 0 Å². The second kappa shape index (κ2) is 9.78. The molecule has 0 saturated carbocycles. The molecule has 0 saturated heterocycles. The zero-order chi connectivity index (χ0) is 22.5. The van der Waals surface area contributed by atoms with Crippen LogP contribution in [0.3, 0.4) is 0 Å². The maximum Gasteiger partial charge on any atom is 0.275 e. The third kappa shape index (κ3) is 5.52.